The van der Waals surface area contributed by atoms with E-state index >= 15 is 0 Å². The fraction of sp³-hybridized carbons (Fsp3) is 0.385. The Morgan fingerprint density at radius 1 is 1.33 bits per heavy atom. The second kappa shape index (κ2) is 5.33. The largest absolute Gasteiger partial charge is 0.479 e. The number of alkyl halides is 1. The van der Waals surface area contributed by atoms with Gasteiger partial charge in [-0.3, -0.25) is 9.25 Å². The predicted octanol–water partition coefficient (Wildman–Crippen LogP) is 1.86. The molecule has 0 spiro atoms. The van der Waals surface area contributed by atoms with Gasteiger partial charge in [-0.15, -0.1) is 11.6 Å². The molecule has 0 aliphatic rings. The van der Waals surface area contributed by atoms with E-state index in [1.165, 1.54) is 6.33 Å². The molecule has 0 amide bonds. The Morgan fingerprint density at radius 2 is 2.14 bits per heavy atom. The van der Waals surface area contributed by atoms with E-state index in [2.05, 4.69) is 27.0 Å². The molecule has 0 aliphatic heterocycles. The van der Waals surface area contributed by atoms with Gasteiger partial charge in [-0.1, -0.05) is 6.92 Å². The fourth-order valence-electron chi connectivity index (χ4n) is 2.37. The highest BCUT2D eigenvalue weighted by atomic mass is 35.5. The Morgan fingerprint density at radius 3 is 2.81 bits per heavy atom. The maximum atomic E-state index is 6.05. The standard InChI is InChI=1S/C13H15ClN6O/c1-4-8-9(6-19(2)18-8)20-10(5-14)17-11-12(20)15-7-16-13(11)21-3/h6-7H,4-5H2,1-3H3. The smallest absolute Gasteiger partial charge is 0.245 e. The van der Waals surface area contributed by atoms with Crippen molar-refractivity contribution in [3.8, 4) is 11.6 Å². The van der Waals surface area contributed by atoms with Crippen molar-refractivity contribution in [2.24, 2.45) is 7.05 Å². The van der Waals surface area contributed by atoms with Gasteiger partial charge in [-0.2, -0.15) is 10.1 Å². The Hall–Kier alpha value is -2.15. The lowest BCUT2D eigenvalue weighted by molar-refractivity contribution is 0.401. The molecule has 21 heavy (non-hydrogen) atoms. The molecule has 0 atom stereocenters. The molecule has 0 radical (unpaired) electrons. The lowest BCUT2D eigenvalue weighted by Crippen LogP contribution is -2.02. The average Bonchev–Trinajstić information content (AvgIpc) is 3.05. The van der Waals surface area contributed by atoms with Crippen molar-refractivity contribution in [3.63, 3.8) is 0 Å². The molecule has 0 N–H and O–H groups in total. The minimum absolute atomic E-state index is 0.261. The summed E-state index contributed by atoms with van der Waals surface area (Å²) in [6.45, 7) is 2.06. The first kappa shape index (κ1) is 13.8. The van der Waals surface area contributed by atoms with Crippen molar-refractivity contribution in [3.05, 3.63) is 24.0 Å². The molecule has 3 aromatic rings. The van der Waals surface area contributed by atoms with Crippen LogP contribution in [0.25, 0.3) is 16.9 Å². The maximum absolute atomic E-state index is 6.05. The minimum atomic E-state index is 0.261. The van der Waals surface area contributed by atoms with Gasteiger partial charge in [-0.25, -0.2) is 9.97 Å². The molecule has 0 bridgehead atoms. The van der Waals surface area contributed by atoms with E-state index in [1.807, 2.05) is 17.8 Å². The van der Waals surface area contributed by atoms with Gasteiger partial charge in [0.15, 0.2) is 11.2 Å². The van der Waals surface area contributed by atoms with Crippen molar-refractivity contribution in [2.45, 2.75) is 19.2 Å². The molecule has 3 rings (SSSR count). The van der Waals surface area contributed by atoms with E-state index < -0.39 is 0 Å². The first-order valence-electron chi connectivity index (χ1n) is 6.54. The molecule has 7 nitrogen and oxygen atoms in total. The van der Waals surface area contributed by atoms with Crippen molar-refractivity contribution >= 4 is 22.8 Å². The number of imidazole rings is 1. The summed E-state index contributed by atoms with van der Waals surface area (Å²) >= 11 is 6.05. The summed E-state index contributed by atoms with van der Waals surface area (Å²) in [6, 6.07) is 0. The Bertz CT molecular complexity index is 793. The van der Waals surface area contributed by atoms with Gasteiger partial charge in [0.2, 0.25) is 5.88 Å². The maximum Gasteiger partial charge on any atom is 0.245 e. The van der Waals surface area contributed by atoms with Gasteiger partial charge in [0.25, 0.3) is 0 Å². The molecule has 0 aliphatic carbocycles. The van der Waals surface area contributed by atoms with Gasteiger partial charge < -0.3 is 4.74 Å². The van der Waals surface area contributed by atoms with Crippen LogP contribution in [0.2, 0.25) is 0 Å². The number of nitrogens with zero attached hydrogens (tertiary/aromatic N) is 6. The minimum Gasteiger partial charge on any atom is -0.479 e. The normalized spacial score (nSPS) is 11.2. The molecule has 110 valence electrons. The van der Waals surface area contributed by atoms with Gasteiger partial charge in [0.05, 0.1) is 24.4 Å². The van der Waals surface area contributed by atoms with Crippen molar-refractivity contribution < 1.29 is 4.74 Å². The number of ether oxygens (including phenoxy) is 1. The van der Waals surface area contributed by atoms with E-state index in [4.69, 9.17) is 16.3 Å². The zero-order valence-electron chi connectivity index (χ0n) is 12.0. The van der Waals surface area contributed by atoms with Gasteiger partial charge in [0.1, 0.15) is 12.2 Å². The lowest BCUT2D eigenvalue weighted by Gasteiger charge is -2.06. The predicted molar refractivity (Wildman–Crippen MR) is 78.9 cm³/mol. The van der Waals surface area contributed by atoms with Crippen LogP contribution in [-0.2, 0) is 19.3 Å². The zero-order valence-corrected chi connectivity index (χ0v) is 12.8. The Kier molecular flexibility index (Phi) is 3.50. The molecule has 0 saturated carbocycles. The van der Waals surface area contributed by atoms with E-state index in [0.717, 1.165) is 17.8 Å². The first-order chi connectivity index (χ1) is 10.2. The summed E-state index contributed by atoms with van der Waals surface area (Å²) in [5.74, 6) is 1.39. The molecule has 0 saturated heterocycles. The molecule has 0 aromatic carbocycles. The lowest BCUT2D eigenvalue weighted by atomic mass is 10.3. The van der Waals surface area contributed by atoms with E-state index in [1.54, 1.807) is 11.8 Å². The van der Waals surface area contributed by atoms with Crippen molar-refractivity contribution in [1.82, 2.24) is 29.3 Å². The van der Waals surface area contributed by atoms with E-state index in [9.17, 15) is 0 Å². The van der Waals surface area contributed by atoms with Crippen LogP contribution in [0.4, 0.5) is 0 Å². The van der Waals surface area contributed by atoms with Crippen LogP contribution in [0.3, 0.4) is 0 Å². The molecule has 8 heteroatoms. The number of rotatable bonds is 4. The van der Waals surface area contributed by atoms with Crippen LogP contribution in [0.5, 0.6) is 5.88 Å². The number of fused-ring (bicyclic) bond motifs is 1. The topological polar surface area (TPSA) is 70.7 Å². The van der Waals surface area contributed by atoms with Gasteiger partial charge in [0, 0.05) is 13.2 Å². The second-order valence-electron chi connectivity index (χ2n) is 4.54. The second-order valence-corrected chi connectivity index (χ2v) is 4.81. The van der Waals surface area contributed by atoms with Crippen molar-refractivity contribution in [2.75, 3.05) is 7.11 Å². The molecule has 3 heterocycles. The molecular weight excluding hydrogens is 292 g/mol. The summed E-state index contributed by atoms with van der Waals surface area (Å²) in [6.07, 6.45) is 4.20. The van der Waals surface area contributed by atoms with Crippen LogP contribution in [0.1, 0.15) is 18.4 Å². The highest BCUT2D eigenvalue weighted by Crippen LogP contribution is 2.27. The first-order valence-corrected chi connectivity index (χ1v) is 7.08. The van der Waals surface area contributed by atoms with Crippen LogP contribution in [0, 0.1) is 0 Å². The third kappa shape index (κ3) is 2.13. The number of hydrogen-bond donors (Lipinski definition) is 0. The SMILES string of the molecule is CCc1nn(C)cc1-n1c(CCl)nc2c(OC)ncnc21. The number of hydrogen-bond acceptors (Lipinski definition) is 5. The summed E-state index contributed by atoms with van der Waals surface area (Å²) in [7, 11) is 3.44. The summed E-state index contributed by atoms with van der Waals surface area (Å²) in [5.41, 5.74) is 3.15. The fourth-order valence-corrected chi connectivity index (χ4v) is 2.55. The number of aromatic nitrogens is 6. The number of aryl methyl sites for hydroxylation is 2. The van der Waals surface area contributed by atoms with E-state index in [0.29, 0.717) is 22.9 Å². The van der Waals surface area contributed by atoms with Crippen LogP contribution >= 0.6 is 11.6 Å². The van der Waals surface area contributed by atoms with Crippen LogP contribution in [-0.4, -0.2) is 36.4 Å². The quantitative estimate of drug-likeness (QED) is 0.688. The number of halogens is 1. The summed E-state index contributed by atoms with van der Waals surface area (Å²) in [5, 5.41) is 4.46. The average molecular weight is 307 g/mol. The Balaban J connectivity index is 2.35. The van der Waals surface area contributed by atoms with Crippen molar-refractivity contribution in [1.29, 1.82) is 0 Å². The highest BCUT2D eigenvalue weighted by Gasteiger charge is 2.20. The Labute approximate surface area is 126 Å². The van der Waals surface area contributed by atoms with Gasteiger partial charge in [-0.05, 0) is 6.42 Å². The molecule has 3 aromatic heterocycles. The van der Waals surface area contributed by atoms with Crippen LogP contribution in [0.15, 0.2) is 12.5 Å². The third-order valence-electron chi connectivity index (χ3n) is 3.25. The highest BCUT2D eigenvalue weighted by molar-refractivity contribution is 6.17. The molecular formula is C13H15ClN6O. The summed E-state index contributed by atoms with van der Waals surface area (Å²) in [4.78, 5) is 12.9. The van der Waals surface area contributed by atoms with Crippen LogP contribution < -0.4 is 4.74 Å². The number of methoxy groups -OCH3 is 1. The molecule has 0 fully saturated rings. The molecule has 0 unspecified atom stereocenters. The monoisotopic (exact) mass is 306 g/mol. The van der Waals surface area contributed by atoms with Gasteiger partial charge >= 0.3 is 0 Å². The third-order valence-corrected chi connectivity index (χ3v) is 3.49. The summed E-state index contributed by atoms with van der Waals surface area (Å²) < 4.78 is 8.94. The van der Waals surface area contributed by atoms with E-state index in [-0.39, 0.29) is 5.88 Å². The zero-order chi connectivity index (χ0) is 15.0.